The molecule has 0 spiro atoms. The molecule has 1 atom stereocenters. The zero-order valence-corrected chi connectivity index (χ0v) is 14.5. The minimum Gasteiger partial charge on any atom is -0.484 e. The number of hydrogen-bond acceptors (Lipinski definition) is 3. The summed E-state index contributed by atoms with van der Waals surface area (Å²) in [5.74, 6) is -0.118. The van der Waals surface area contributed by atoms with E-state index in [0.29, 0.717) is 5.56 Å². The van der Waals surface area contributed by atoms with Crippen LogP contribution in [-0.2, 0) is 11.3 Å². The van der Waals surface area contributed by atoms with Gasteiger partial charge in [0.2, 0.25) is 5.91 Å². The van der Waals surface area contributed by atoms with E-state index in [0.717, 1.165) is 11.0 Å². The van der Waals surface area contributed by atoms with Crippen molar-refractivity contribution in [1.29, 1.82) is 0 Å². The summed E-state index contributed by atoms with van der Waals surface area (Å²) < 4.78 is 43.2. The first-order chi connectivity index (χ1) is 12.8. The van der Waals surface area contributed by atoms with Crippen LogP contribution in [0.2, 0.25) is 0 Å². The van der Waals surface area contributed by atoms with Crippen LogP contribution in [0.5, 0.6) is 5.75 Å². The number of benzene rings is 2. The Morgan fingerprint density at radius 2 is 2.00 bits per heavy atom. The van der Waals surface area contributed by atoms with Gasteiger partial charge in [0.05, 0.1) is 17.4 Å². The molecule has 1 heterocycles. The van der Waals surface area contributed by atoms with Crippen molar-refractivity contribution >= 4 is 16.9 Å². The third-order valence-electron chi connectivity index (χ3n) is 4.05. The molecule has 1 amide bonds. The van der Waals surface area contributed by atoms with E-state index in [1.54, 1.807) is 30.0 Å². The number of imidazole rings is 1. The van der Waals surface area contributed by atoms with Crippen LogP contribution in [-0.4, -0.2) is 28.2 Å². The SMILES string of the molecule is CC(C(=O)NCc1cccc(OCC(F)(F)F)c1)n1cnc2ccccc21. The predicted octanol–water partition coefficient (Wildman–Crippen LogP) is 3.85. The van der Waals surface area contributed by atoms with E-state index >= 15 is 0 Å². The van der Waals surface area contributed by atoms with Crippen molar-refractivity contribution < 1.29 is 22.7 Å². The molecule has 0 fully saturated rings. The molecule has 0 radical (unpaired) electrons. The number of nitrogens with zero attached hydrogens (tertiary/aromatic N) is 2. The van der Waals surface area contributed by atoms with E-state index in [2.05, 4.69) is 10.3 Å². The summed E-state index contributed by atoms with van der Waals surface area (Å²) in [5.41, 5.74) is 2.29. The number of amides is 1. The Balaban J connectivity index is 1.62. The van der Waals surface area contributed by atoms with E-state index in [4.69, 9.17) is 4.74 Å². The third-order valence-corrected chi connectivity index (χ3v) is 4.05. The second-order valence-electron chi connectivity index (χ2n) is 6.09. The Bertz CT molecular complexity index is 937. The summed E-state index contributed by atoms with van der Waals surface area (Å²) in [6.07, 6.45) is -2.78. The first-order valence-corrected chi connectivity index (χ1v) is 8.31. The average Bonchev–Trinajstić information content (AvgIpc) is 3.08. The lowest BCUT2D eigenvalue weighted by Crippen LogP contribution is -2.30. The van der Waals surface area contributed by atoms with Gasteiger partial charge in [-0.1, -0.05) is 24.3 Å². The van der Waals surface area contributed by atoms with Gasteiger partial charge in [-0.15, -0.1) is 0 Å². The van der Waals surface area contributed by atoms with Crippen LogP contribution in [0.4, 0.5) is 13.2 Å². The van der Waals surface area contributed by atoms with Crippen molar-refractivity contribution in [3.8, 4) is 5.75 Å². The molecule has 5 nitrogen and oxygen atoms in total. The highest BCUT2D eigenvalue weighted by atomic mass is 19.4. The first kappa shape index (κ1) is 18.8. The number of fused-ring (bicyclic) bond motifs is 1. The van der Waals surface area contributed by atoms with Crippen LogP contribution >= 0.6 is 0 Å². The molecule has 0 aliphatic carbocycles. The van der Waals surface area contributed by atoms with Crippen LogP contribution < -0.4 is 10.1 Å². The normalized spacial score (nSPS) is 12.7. The predicted molar refractivity (Wildman–Crippen MR) is 94.3 cm³/mol. The van der Waals surface area contributed by atoms with Crippen LogP contribution in [0.15, 0.2) is 54.9 Å². The number of aromatic nitrogens is 2. The van der Waals surface area contributed by atoms with Crippen LogP contribution in [0.3, 0.4) is 0 Å². The van der Waals surface area contributed by atoms with E-state index in [-0.39, 0.29) is 18.2 Å². The van der Waals surface area contributed by atoms with Gasteiger partial charge < -0.3 is 14.6 Å². The molecule has 8 heteroatoms. The molecule has 3 rings (SSSR count). The fourth-order valence-corrected chi connectivity index (χ4v) is 2.66. The fraction of sp³-hybridized carbons (Fsp3) is 0.263. The summed E-state index contributed by atoms with van der Waals surface area (Å²) in [4.78, 5) is 16.7. The van der Waals surface area contributed by atoms with Crippen molar-refractivity contribution in [3.05, 3.63) is 60.4 Å². The standard InChI is InChI=1S/C19H18F3N3O2/c1-13(25-12-24-16-7-2-3-8-17(16)25)18(26)23-10-14-5-4-6-15(9-14)27-11-19(20,21)22/h2-9,12-13H,10-11H2,1H3,(H,23,26). The van der Waals surface area contributed by atoms with E-state index in [1.165, 1.54) is 12.1 Å². The third kappa shape index (κ3) is 4.78. The number of para-hydroxylation sites is 2. The number of carbonyl (C=O) groups is 1. The Kier molecular flexibility index (Phi) is 5.34. The van der Waals surface area contributed by atoms with Gasteiger partial charge in [0.15, 0.2) is 6.61 Å². The van der Waals surface area contributed by atoms with Crippen LogP contribution in [0, 0.1) is 0 Å². The molecular weight excluding hydrogens is 359 g/mol. The van der Waals surface area contributed by atoms with E-state index in [1.807, 2.05) is 24.3 Å². The molecule has 2 aromatic carbocycles. The van der Waals surface area contributed by atoms with Crippen LogP contribution in [0.1, 0.15) is 18.5 Å². The number of rotatable bonds is 6. The van der Waals surface area contributed by atoms with Gasteiger partial charge in [-0.2, -0.15) is 13.2 Å². The second kappa shape index (κ2) is 7.69. The number of alkyl halides is 3. The monoisotopic (exact) mass is 377 g/mol. The zero-order chi connectivity index (χ0) is 19.4. The smallest absolute Gasteiger partial charge is 0.422 e. The molecule has 27 heavy (non-hydrogen) atoms. The van der Waals surface area contributed by atoms with Gasteiger partial charge in [-0.05, 0) is 36.8 Å². The number of halogens is 3. The Morgan fingerprint density at radius 3 is 2.78 bits per heavy atom. The fourth-order valence-electron chi connectivity index (χ4n) is 2.66. The maximum absolute atomic E-state index is 12.5. The lowest BCUT2D eigenvalue weighted by molar-refractivity contribution is -0.153. The Hall–Kier alpha value is -3.03. The number of nitrogens with one attached hydrogen (secondary N) is 1. The molecule has 0 saturated heterocycles. The first-order valence-electron chi connectivity index (χ1n) is 8.31. The van der Waals surface area contributed by atoms with Crippen LogP contribution in [0.25, 0.3) is 11.0 Å². The molecule has 1 N–H and O–H groups in total. The van der Waals surface area contributed by atoms with Crippen molar-refractivity contribution in [3.63, 3.8) is 0 Å². The Morgan fingerprint density at radius 1 is 1.22 bits per heavy atom. The summed E-state index contributed by atoms with van der Waals surface area (Å²) >= 11 is 0. The maximum Gasteiger partial charge on any atom is 0.422 e. The zero-order valence-electron chi connectivity index (χ0n) is 14.5. The van der Waals surface area contributed by atoms with Crippen molar-refractivity contribution in [1.82, 2.24) is 14.9 Å². The summed E-state index contributed by atoms with van der Waals surface area (Å²) in [5, 5.41) is 2.79. The summed E-state index contributed by atoms with van der Waals surface area (Å²) in [6.45, 7) is 0.582. The number of ether oxygens (including phenoxy) is 1. The highest BCUT2D eigenvalue weighted by Gasteiger charge is 2.28. The van der Waals surface area contributed by atoms with Crippen molar-refractivity contribution in [2.24, 2.45) is 0 Å². The molecule has 0 bridgehead atoms. The second-order valence-corrected chi connectivity index (χ2v) is 6.09. The highest BCUT2D eigenvalue weighted by Crippen LogP contribution is 2.20. The minimum absolute atomic E-state index is 0.104. The molecule has 3 aromatic rings. The maximum atomic E-state index is 12.5. The summed E-state index contributed by atoms with van der Waals surface area (Å²) in [6, 6.07) is 13.2. The molecule has 0 saturated carbocycles. The lowest BCUT2D eigenvalue weighted by atomic mass is 10.2. The van der Waals surface area contributed by atoms with Gasteiger partial charge in [0.1, 0.15) is 11.8 Å². The highest BCUT2D eigenvalue weighted by molar-refractivity contribution is 5.83. The topological polar surface area (TPSA) is 56.1 Å². The van der Waals surface area contributed by atoms with E-state index in [9.17, 15) is 18.0 Å². The Labute approximate surface area is 153 Å². The molecule has 1 unspecified atom stereocenters. The van der Waals surface area contributed by atoms with Crippen molar-refractivity contribution in [2.45, 2.75) is 25.7 Å². The molecule has 0 aliphatic heterocycles. The molecule has 0 aliphatic rings. The van der Waals surface area contributed by atoms with Crippen molar-refractivity contribution in [2.75, 3.05) is 6.61 Å². The molecular formula is C19H18F3N3O2. The number of carbonyl (C=O) groups excluding carboxylic acids is 1. The van der Waals surface area contributed by atoms with Gasteiger partial charge >= 0.3 is 6.18 Å². The lowest BCUT2D eigenvalue weighted by Gasteiger charge is -2.15. The minimum atomic E-state index is -4.40. The molecule has 1 aromatic heterocycles. The van der Waals surface area contributed by atoms with Gasteiger partial charge in [-0.25, -0.2) is 4.98 Å². The number of hydrogen-bond donors (Lipinski definition) is 1. The largest absolute Gasteiger partial charge is 0.484 e. The van der Waals surface area contributed by atoms with Gasteiger partial charge in [0, 0.05) is 6.54 Å². The van der Waals surface area contributed by atoms with E-state index < -0.39 is 18.8 Å². The summed E-state index contributed by atoms with van der Waals surface area (Å²) in [7, 11) is 0. The average molecular weight is 377 g/mol. The molecule has 142 valence electrons. The van der Waals surface area contributed by atoms with Gasteiger partial charge in [-0.3, -0.25) is 4.79 Å². The van der Waals surface area contributed by atoms with Gasteiger partial charge in [0.25, 0.3) is 0 Å². The quantitative estimate of drug-likeness (QED) is 0.710.